The Kier molecular flexibility index (Phi) is 6.76. The summed E-state index contributed by atoms with van der Waals surface area (Å²) in [5.41, 5.74) is 1.67. The van der Waals surface area contributed by atoms with Crippen molar-refractivity contribution in [2.24, 2.45) is 0 Å². The van der Waals surface area contributed by atoms with Gasteiger partial charge >= 0.3 is 12.0 Å². The molecule has 9 heteroatoms. The molecule has 0 unspecified atom stereocenters. The van der Waals surface area contributed by atoms with Crippen molar-refractivity contribution in [3.8, 4) is 5.75 Å². The number of urea groups is 1. The number of hydrogen-bond acceptors (Lipinski definition) is 5. The second kappa shape index (κ2) is 9.74. The van der Waals surface area contributed by atoms with E-state index in [1.54, 1.807) is 66.7 Å². The maximum absolute atomic E-state index is 13.2. The van der Waals surface area contributed by atoms with Crippen LogP contribution < -0.4 is 15.0 Å². The zero-order valence-corrected chi connectivity index (χ0v) is 20.8. The summed E-state index contributed by atoms with van der Waals surface area (Å²) >= 11 is 6.66. The summed E-state index contributed by atoms with van der Waals surface area (Å²) in [5.74, 6) is -2.09. The molecule has 0 aliphatic carbocycles. The number of nitrogens with zero attached hydrogens (tertiary/aromatic N) is 1. The van der Waals surface area contributed by atoms with Gasteiger partial charge in [-0.05, 0) is 67.6 Å². The van der Waals surface area contributed by atoms with Crippen LogP contribution in [0.15, 0.2) is 81.2 Å². The molecule has 0 saturated carbocycles. The highest BCUT2D eigenvalue weighted by Gasteiger charge is 2.37. The second-order valence-electron chi connectivity index (χ2n) is 7.37. The van der Waals surface area contributed by atoms with E-state index in [0.717, 1.165) is 14.9 Å². The number of carbonyl (C=O) groups is 4. The molecular weight excluding hydrogens is 568 g/mol. The fraction of sp³-hybridized carbons (Fsp3) is 0.0400. The van der Waals surface area contributed by atoms with Crippen LogP contribution in [0.5, 0.6) is 5.75 Å². The average Bonchev–Trinajstić information content (AvgIpc) is 2.80. The molecule has 1 aliphatic rings. The number of rotatable bonds is 4. The molecule has 7 nitrogen and oxygen atoms in total. The minimum absolute atomic E-state index is 0.147. The van der Waals surface area contributed by atoms with E-state index >= 15 is 0 Å². The van der Waals surface area contributed by atoms with Crippen molar-refractivity contribution in [3.63, 3.8) is 0 Å². The predicted octanol–water partition coefficient (Wildman–Crippen LogP) is 5.41. The van der Waals surface area contributed by atoms with Gasteiger partial charge in [-0.2, -0.15) is 0 Å². The minimum Gasteiger partial charge on any atom is -0.422 e. The van der Waals surface area contributed by atoms with Crippen molar-refractivity contribution in [1.29, 1.82) is 0 Å². The summed E-state index contributed by atoms with van der Waals surface area (Å²) in [5, 5.41) is 2.18. The van der Waals surface area contributed by atoms with Crippen molar-refractivity contribution in [2.45, 2.75) is 6.92 Å². The normalized spacial score (nSPS) is 14.9. The van der Waals surface area contributed by atoms with E-state index in [2.05, 4.69) is 37.2 Å². The number of nitrogens with one attached hydrogen (secondary N) is 1. The zero-order chi connectivity index (χ0) is 24.4. The number of aryl methyl sites for hydroxylation is 1. The summed E-state index contributed by atoms with van der Waals surface area (Å²) in [6.07, 6.45) is 1.29. The lowest BCUT2D eigenvalue weighted by molar-refractivity contribution is -0.122. The molecule has 1 heterocycles. The molecule has 4 amide bonds. The van der Waals surface area contributed by atoms with E-state index in [1.165, 1.54) is 6.08 Å². The Morgan fingerprint density at radius 2 is 1.56 bits per heavy atom. The summed E-state index contributed by atoms with van der Waals surface area (Å²) in [6, 6.07) is 17.3. The van der Waals surface area contributed by atoms with Crippen molar-refractivity contribution < 1.29 is 23.9 Å². The highest BCUT2D eigenvalue weighted by molar-refractivity contribution is 9.10. The Bertz CT molecular complexity index is 1350. The lowest BCUT2D eigenvalue weighted by atomic mass is 10.1. The highest BCUT2D eigenvalue weighted by atomic mass is 79.9. The molecule has 1 saturated heterocycles. The number of esters is 1. The Balaban J connectivity index is 1.70. The molecule has 0 bridgehead atoms. The summed E-state index contributed by atoms with van der Waals surface area (Å²) in [6.45, 7) is 1.91. The first-order chi connectivity index (χ1) is 16.2. The van der Waals surface area contributed by atoms with Crippen LogP contribution in [-0.2, 0) is 9.59 Å². The van der Waals surface area contributed by atoms with Crippen LogP contribution in [0.2, 0.25) is 0 Å². The molecule has 0 aromatic heterocycles. The van der Waals surface area contributed by atoms with E-state index < -0.39 is 23.8 Å². The Labute approximate surface area is 211 Å². The van der Waals surface area contributed by atoms with Gasteiger partial charge in [0.1, 0.15) is 11.3 Å². The first kappa shape index (κ1) is 23.6. The number of hydrogen-bond donors (Lipinski definition) is 1. The number of carbonyl (C=O) groups excluding carboxylic acids is 4. The van der Waals surface area contributed by atoms with Crippen LogP contribution in [0.4, 0.5) is 10.5 Å². The van der Waals surface area contributed by atoms with Crippen LogP contribution in [0.25, 0.3) is 6.08 Å². The average molecular weight is 584 g/mol. The Morgan fingerprint density at radius 1 is 0.912 bits per heavy atom. The lowest BCUT2D eigenvalue weighted by Gasteiger charge is -2.26. The molecule has 170 valence electrons. The standard InChI is InChI=1S/C25H16Br2N2O5/c1-14-2-4-15(5-3-14)24(32)34-21-11-8-18(27)12-16(21)13-20-22(30)28-25(33)29(23(20)31)19-9-6-17(26)7-10-19/h2-13H,1H3,(H,28,30,33)/b20-13-. The van der Waals surface area contributed by atoms with Gasteiger partial charge in [-0.15, -0.1) is 0 Å². The van der Waals surface area contributed by atoms with Crippen molar-refractivity contribution >= 4 is 67.4 Å². The SMILES string of the molecule is Cc1ccc(C(=O)Oc2ccc(Br)cc2/C=C2/C(=O)NC(=O)N(c3ccc(Br)cc3)C2=O)cc1. The van der Waals surface area contributed by atoms with Crippen LogP contribution in [0, 0.1) is 6.92 Å². The predicted molar refractivity (Wildman–Crippen MR) is 133 cm³/mol. The fourth-order valence-electron chi connectivity index (χ4n) is 3.21. The molecule has 0 atom stereocenters. The quantitative estimate of drug-likeness (QED) is 0.192. The maximum Gasteiger partial charge on any atom is 0.343 e. The molecule has 0 spiro atoms. The molecule has 3 aromatic rings. The molecule has 3 aromatic carbocycles. The van der Waals surface area contributed by atoms with Gasteiger partial charge in [-0.3, -0.25) is 14.9 Å². The van der Waals surface area contributed by atoms with E-state index in [4.69, 9.17) is 4.74 Å². The highest BCUT2D eigenvalue weighted by Crippen LogP contribution is 2.29. The van der Waals surface area contributed by atoms with E-state index in [0.29, 0.717) is 21.3 Å². The number of benzene rings is 3. The van der Waals surface area contributed by atoms with Gasteiger partial charge in [-0.25, -0.2) is 14.5 Å². The summed E-state index contributed by atoms with van der Waals surface area (Å²) < 4.78 is 6.95. The van der Waals surface area contributed by atoms with Crippen molar-refractivity contribution in [1.82, 2.24) is 5.32 Å². The van der Waals surface area contributed by atoms with Gasteiger partial charge in [0, 0.05) is 14.5 Å². The summed E-state index contributed by atoms with van der Waals surface area (Å²) in [7, 11) is 0. The third-order valence-corrected chi connectivity index (χ3v) is 5.97. The first-order valence-corrected chi connectivity index (χ1v) is 11.6. The molecule has 0 radical (unpaired) electrons. The molecular formula is C25H16Br2N2O5. The van der Waals surface area contributed by atoms with Gasteiger partial charge in [-0.1, -0.05) is 49.6 Å². The van der Waals surface area contributed by atoms with Gasteiger partial charge in [0.15, 0.2) is 0 Å². The molecule has 4 rings (SSSR count). The number of imide groups is 2. The number of ether oxygens (including phenoxy) is 1. The van der Waals surface area contributed by atoms with Gasteiger partial charge < -0.3 is 4.74 Å². The zero-order valence-electron chi connectivity index (χ0n) is 17.7. The van der Waals surface area contributed by atoms with Gasteiger partial charge in [0.05, 0.1) is 11.3 Å². The van der Waals surface area contributed by atoms with Crippen molar-refractivity contribution in [2.75, 3.05) is 4.90 Å². The maximum atomic E-state index is 13.2. The molecule has 1 fully saturated rings. The van der Waals surface area contributed by atoms with Crippen LogP contribution in [-0.4, -0.2) is 23.8 Å². The molecule has 1 N–H and O–H groups in total. The van der Waals surface area contributed by atoms with Crippen molar-refractivity contribution in [3.05, 3.63) is 97.9 Å². The third-order valence-electron chi connectivity index (χ3n) is 4.95. The largest absolute Gasteiger partial charge is 0.422 e. The smallest absolute Gasteiger partial charge is 0.343 e. The molecule has 34 heavy (non-hydrogen) atoms. The van der Waals surface area contributed by atoms with Crippen LogP contribution in [0.1, 0.15) is 21.5 Å². The summed E-state index contributed by atoms with van der Waals surface area (Å²) in [4.78, 5) is 51.6. The third kappa shape index (κ3) is 5.00. The van der Waals surface area contributed by atoms with Crippen LogP contribution in [0.3, 0.4) is 0 Å². The van der Waals surface area contributed by atoms with E-state index in [1.807, 2.05) is 6.92 Å². The molecule has 1 aliphatic heterocycles. The van der Waals surface area contributed by atoms with Gasteiger partial charge in [0.25, 0.3) is 11.8 Å². The number of barbiturate groups is 1. The van der Waals surface area contributed by atoms with E-state index in [9.17, 15) is 19.2 Å². The number of amides is 4. The fourth-order valence-corrected chi connectivity index (χ4v) is 3.85. The second-order valence-corrected chi connectivity index (χ2v) is 9.20. The Morgan fingerprint density at radius 3 is 2.24 bits per heavy atom. The first-order valence-electron chi connectivity index (χ1n) is 9.98. The minimum atomic E-state index is -0.852. The number of halogens is 2. The van der Waals surface area contributed by atoms with Gasteiger partial charge in [0.2, 0.25) is 0 Å². The number of anilines is 1. The monoisotopic (exact) mass is 582 g/mol. The van der Waals surface area contributed by atoms with E-state index in [-0.39, 0.29) is 11.3 Å². The topological polar surface area (TPSA) is 92.8 Å². The Hall–Kier alpha value is -3.56. The lowest BCUT2D eigenvalue weighted by Crippen LogP contribution is -2.54. The van der Waals surface area contributed by atoms with Crippen LogP contribution >= 0.6 is 31.9 Å².